The summed E-state index contributed by atoms with van der Waals surface area (Å²) < 4.78 is 10.4. The topological polar surface area (TPSA) is 76.7 Å². The van der Waals surface area contributed by atoms with Crippen molar-refractivity contribution in [1.29, 1.82) is 0 Å². The van der Waals surface area contributed by atoms with Gasteiger partial charge in [-0.05, 0) is 48.5 Å². The van der Waals surface area contributed by atoms with Gasteiger partial charge in [-0.15, -0.1) is 0 Å². The molecule has 0 saturated heterocycles. The van der Waals surface area contributed by atoms with Gasteiger partial charge in [0.1, 0.15) is 0 Å². The van der Waals surface area contributed by atoms with E-state index in [4.69, 9.17) is 21.1 Å². The third kappa shape index (κ3) is 4.86. The first-order valence-corrected chi connectivity index (χ1v) is 9.09. The third-order valence-corrected chi connectivity index (χ3v) is 4.48. The van der Waals surface area contributed by atoms with E-state index in [0.29, 0.717) is 39.0 Å². The van der Waals surface area contributed by atoms with Crippen LogP contribution in [0.5, 0.6) is 11.5 Å². The summed E-state index contributed by atoms with van der Waals surface area (Å²) in [5.41, 5.74) is 1.78. The van der Waals surface area contributed by atoms with Crippen LogP contribution in [0.25, 0.3) is 0 Å². The van der Waals surface area contributed by atoms with Crippen molar-refractivity contribution in [3.8, 4) is 11.5 Å². The fourth-order valence-corrected chi connectivity index (χ4v) is 2.83. The molecule has 0 fully saturated rings. The summed E-state index contributed by atoms with van der Waals surface area (Å²) in [5, 5.41) is 5.88. The number of carbonyl (C=O) groups is 2. The summed E-state index contributed by atoms with van der Waals surface area (Å²) >= 11 is 6.22. The first-order valence-electron chi connectivity index (χ1n) is 8.71. The Bertz CT molecular complexity index is 1040. The molecule has 0 aliphatic rings. The minimum atomic E-state index is -0.376. The van der Waals surface area contributed by atoms with Crippen LogP contribution >= 0.6 is 11.6 Å². The number of carbonyl (C=O) groups excluding carboxylic acids is 2. The van der Waals surface area contributed by atoms with Crippen LogP contribution < -0.4 is 20.1 Å². The zero-order chi connectivity index (χ0) is 20.8. The van der Waals surface area contributed by atoms with Gasteiger partial charge in [0.15, 0.2) is 11.5 Å². The number of rotatable bonds is 6. The van der Waals surface area contributed by atoms with Crippen LogP contribution in [0.15, 0.2) is 66.7 Å². The van der Waals surface area contributed by atoms with Gasteiger partial charge in [-0.3, -0.25) is 9.59 Å². The van der Waals surface area contributed by atoms with Crippen molar-refractivity contribution in [3.63, 3.8) is 0 Å². The van der Waals surface area contributed by atoms with Gasteiger partial charge in [0.2, 0.25) is 0 Å². The lowest BCUT2D eigenvalue weighted by Gasteiger charge is -2.12. The van der Waals surface area contributed by atoms with Crippen molar-refractivity contribution in [3.05, 3.63) is 82.9 Å². The maximum absolute atomic E-state index is 12.6. The number of amides is 2. The summed E-state index contributed by atoms with van der Waals surface area (Å²) in [6, 6.07) is 18.5. The number of anilines is 2. The number of ether oxygens (including phenoxy) is 2. The Morgan fingerprint density at radius 3 is 2.14 bits per heavy atom. The minimum Gasteiger partial charge on any atom is -0.493 e. The molecule has 7 heteroatoms. The fraction of sp³-hybridized carbons (Fsp3) is 0.0909. The average Bonchev–Trinajstić information content (AvgIpc) is 2.76. The molecule has 2 amide bonds. The van der Waals surface area contributed by atoms with Gasteiger partial charge < -0.3 is 20.1 Å². The summed E-state index contributed by atoms with van der Waals surface area (Å²) in [5.74, 6) is 0.326. The van der Waals surface area contributed by atoms with Crippen LogP contribution in [0, 0.1) is 0 Å². The zero-order valence-electron chi connectivity index (χ0n) is 15.9. The van der Waals surface area contributed by atoms with Gasteiger partial charge >= 0.3 is 0 Å². The van der Waals surface area contributed by atoms with Crippen molar-refractivity contribution in [2.75, 3.05) is 24.9 Å². The smallest absolute Gasteiger partial charge is 0.255 e. The molecule has 0 spiro atoms. The number of hydrogen-bond acceptors (Lipinski definition) is 4. The minimum absolute atomic E-state index is 0.259. The predicted molar refractivity (Wildman–Crippen MR) is 113 cm³/mol. The highest BCUT2D eigenvalue weighted by molar-refractivity contribution is 6.34. The second-order valence-corrected chi connectivity index (χ2v) is 6.45. The largest absolute Gasteiger partial charge is 0.493 e. The van der Waals surface area contributed by atoms with Crippen molar-refractivity contribution < 1.29 is 19.1 Å². The molecule has 0 aliphatic carbocycles. The molecule has 6 nitrogen and oxygen atoms in total. The Morgan fingerprint density at radius 2 is 1.45 bits per heavy atom. The lowest BCUT2D eigenvalue weighted by molar-refractivity contribution is 0.101. The number of halogens is 1. The number of hydrogen-bond donors (Lipinski definition) is 2. The van der Waals surface area contributed by atoms with Crippen LogP contribution in [0.1, 0.15) is 20.7 Å². The molecular formula is C22H19ClN2O4. The van der Waals surface area contributed by atoms with E-state index >= 15 is 0 Å². The lowest BCUT2D eigenvalue weighted by atomic mass is 10.1. The molecule has 0 atom stereocenters. The Morgan fingerprint density at radius 1 is 0.759 bits per heavy atom. The second kappa shape index (κ2) is 9.12. The Kier molecular flexibility index (Phi) is 6.36. The first-order chi connectivity index (χ1) is 14.0. The zero-order valence-corrected chi connectivity index (χ0v) is 16.6. The second-order valence-electron chi connectivity index (χ2n) is 6.04. The Labute approximate surface area is 173 Å². The van der Waals surface area contributed by atoms with E-state index in [2.05, 4.69) is 10.6 Å². The van der Waals surface area contributed by atoms with Gasteiger partial charge in [-0.25, -0.2) is 0 Å². The fourth-order valence-electron chi connectivity index (χ4n) is 2.66. The van der Waals surface area contributed by atoms with Gasteiger partial charge in [0.25, 0.3) is 11.8 Å². The molecule has 3 rings (SSSR count). The molecule has 0 aliphatic heterocycles. The average molecular weight is 411 g/mol. The molecule has 0 aromatic heterocycles. The van der Waals surface area contributed by atoms with Crippen LogP contribution in [-0.4, -0.2) is 26.0 Å². The maximum Gasteiger partial charge on any atom is 0.255 e. The van der Waals surface area contributed by atoms with E-state index in [9.17, 15) is 9.59 Å². The van der Waals surface area contributed by atoms with Crippen molar-refractivity contribution in [2.45, 2.75) is 0 Å². The van der Waals surface area contributed by atoms with Crippen LogP contribution in [-0.2, 0) is 0 Å². The number of benzene rings is 3. The molecule has 0 bridgehead atoms. The third-order valence-electron chi connectivity index (χ3n) is 4.15. The van der Waals surface area contributed by atoms with Gasteiger partial charge in [-0.1, -0.05) is 29.8 Å². The maximum atomic E-state index is 12.6. The quantitative estimate of drug-likeness (QED) is 0.608. The summed E-state index contributed by atoms with van der Waals surface area (Å²) in [4.78, 5) is 25.0. The van der Waals surface area contributed by atoms with Crippen LogP contribution in [0.2, 0.25) is 5.02 Å². The van der Waals surface area contributed by atoms with E-state index in [0.717, 1.165) is 0 Å². The monoisotopic (exact) mass is 410 g/mol. The molecule has 3 aromatic carbocycles. The summed E-state index contributed by atoms with van der Waals surface area (Å²) in [6.07, 6.45) is 0. The number of methoxy groups -OCH3 is 2. The highest BCUT2D eigenvalue weighted by Crippen LogP contribution is 2.29. The van der Waals surface area contributed by atoms with Crippen molar-refractivity contribution in [2.24, 2.45) is 0 Å². The SMILES string of the molecule is COc1ccc(C(=O)Nc2cc(NC(=O)c3ccccc3)ccc2Cl)cc1OC. The molecule has 2 N–H and O–H groups in total. The molecule has 0 unspecified atom stereocenters. The summed E-state index contributed by atoms with van der Waals surface area (Å²) in [6.45, 7) is 0. The molecule has 29 heavy (non-hydrogen) atoms. The Hall–Kier alpha value is -3.51. The van der Waals surface area contributed by atoms with Crippen molar-refractivity contribution in [1.82, 2.24) is 0 Å². The first kappa shape index (κ1) is 20.2. The van der Waals surface area contributed by atoms with E-state index in [1.807, 2.05) is 6.07 Å². The molecular weight excluding hydrogens is 392 g/mol. The molecule has 0 radical (unpaired) electrons. The van der Waals surface area contributed by atoms with E-state index in [1.165, 1.54) is 14.2 Å². The molecule has 0 saturated carbocycles. The molecule has 148 valence electrons. The van der Waals surface area contributed by atoms with Gasteiger partial charge in [0.05, 0.1) is 24.9 Å². The number of nitrogens with one attached hydrogen (secondary N) is 2. The van der Waals surface area contributed by atoms with E-state index < -0.39 is 0 Å². The van der Waals surface area contributed by atoms with E-state index in [1.54, 1.807) is 60.7 Å². The van der Waals surface area contributed by atoms with Crippen LogP contribution in [0.3, 0.4) is 0 Å². The normalized spacial score (nSPS) is 10.2. The highest BCUT2D eigenvalue weighted by atomic mass is 35.5. The Balaban J connectivity index is 1.78. The molecule has 0 heterocycles. The highest BCUT2D eigenvalue weighted by Gasteiger charge is 2.13. The van der Waals surface area contributed by atoms with Gasteiger partial charge in [0, 0.05) is 16.8 Å². The predicted octanol–water partition coefficient (Wildman–Crippen LogP) is 4.86. The standard InChI is InChI=1S/C22H19ClN2O4/c1-28-19-11-8-15(12-20(19)29-2)22(27)25-18-13-16(9-10-17(18)23)24-21(26)14-6-4-3-5-7-14/h3-13H,1-2H3,(H,24,26)(H,25,27). The van der Waals surface area contributed by atoms with Gasteiger partial charge in [-0.2, -0.15) is 0 Å². The van der Waals surface area contributed by atoms with E-state index in [-0.39, 0.29) is 11.8 Å². The summed E-state index contributed by atoms with van der Waals surface area (Å²) in [7, 11) is 3.02. The lowest BCUT2D eigenvalue weighted by Crippen LogP contribution is -2.14. The molecule has 3 aromatic rings. The van der Waals surface area contributed by atoms with Crippen LogP contribution in [0.4, 0.5) is 11.4 Å². The van der Waals surface area contributed by atoms with Crippen molar-refractivity contribution >= 4 is 34.8 Å².